The molecule has 1 atom stereocenters. The van der Waals surface area contributed by atoms with Crippen molar-refractivity contribution in [2.45, 2.75) is 24.3 Å². The number of benzene rings is 1. The zero-order valence-electron chi connectivity index (χ0n) is 10.3. The van der Waals surface area contributed by atoms with Crippen molar-refractivity contribution in [3.8, 4) is 0 Å². The maximum Gasteiger partial charge on any atom is 0.0944 e. The van der Waals surface area contributed by atoms with Crippen molar-refractivity contribution in [2.75, 3.05) is 5.75 Å². The third-order valence-electron chi connectivity index (χ3n) is 2.66. The van der Waals surface area contributed by atoms with Gasteiger partial charge in [-0.3, -0.25) is 11.3 Å². The van der Waals surface area contributed by atoms with E-state index in [9.17, 15) is 0 Å². The molecule has 1 unspecified atom stereocenters. The van der Waals surface area contributed by atoms with Crippen LogP contribution in [0.5, 0.6) is 0 Å². The summed E-state index contributed by atoms with van der Waals surface area (Å²) in [6, 6.07) is 8.69. The van der Waals surface area contributed by atoms with Crippen LogP contribution in [0.4, 0.5) is 0 Å². The minimum Gasteiger partial charge on any atom is -0.271 e. The number of rotatable bonds is 6. The van der Waals surface area contributed by atoms with Gasteiger partial charge in [0.15, 0.2) is 0 Å². The van der Waals surface area contributed by atoms with Gasteiger partial charge in [0, 0.05) is 22.9 Å². The van der Waals surface area contributed by atoms with Crippen molar-refractivity contribution < 1.29 is 0 Å². The highest BCUT2D eigenvalue weighted by Crippen LogP contribution is 2.23. The summed E-state index contributed by atoms with van der Waals surface area (Å²) >= 11 is 3.51. The zero-order valence-corrected chi connectivity index (χ0v) is 11.9. The molecule has 1 heterocycles. The van der Waals surface area contributed by atoms with E-state index in [0.29, 0.717) is 0 Å². The molecule has 0 saturated heterocycles. The molecule has 0 aliphatic rings. The van der Waals surface area contributed by atoms with Gasteiger partial charge in [-0.2, -0.15) is 0 Å². The fourth-order valence-corrected chi connectivity index (χ4v) is 3.09. The summed E-state index contributed by atoms with van der Waals surface area (Å²) in [4.78, 5) is 5.59. The SMILES string of the molecule is CCSc1ccc(C(Cc2nccs2)NN)cc1. The van der Waals surface area contributed by atoms with E-state index < -0.39 is 0 Å². The number of thioether (sulfide) groups is 1. The van der Waals surface area contributed by atoms with Gasteiger partial charge in [-0.05, 0) is 23.4 Å². The van der Waals surface area contributed by atoms with Crippen LogP contribution in [-0.2, 0) is 6.42 Å². The Labute approximate surface area is 116 Å². The van der Waals surface area contributed by atoms with E-state index in [1.165, 1.54) is 10.5 Å². The number of nitrogens with zero attached hydrogens (tertiary/aromatic N) is 1. The highest BCUT2D eigenvalue weighted by Gasteiger charge is 2.11. The van der Waals surface area contributed by atoms with Gasteiger partial charge in [-0.25, -0.2) is 4.98 Å². The average molecular weight is 279 g/mol. The normalized spacial score (nSPS) is 12.6. The number of hydrazine groups is 1. The lowest BCUT2D eigenvalue weighted by Gasteiger charge is -2.15. The predicted octanol–water partition coefficient (Wildman–Crippen LogP) is 3.00. The van der Waals surface area contributed by atoms with E-state index in [-0.39, 0.29) is 6.04 Å². The second kappa shape index (κ2) is 6.89. The highest BCUT2D eigenvalue weighted by molar-refractivity contribution is 7.99. The van der Waals surface area contributed by atoms with Crippen LogP contribution in [0.15, 0.2) is 40.7 Å². The van der Waals surface area contributed by atoms with Gasteiger partial charge in [0.25, 0.3) is 0 Å². The fraction of sp³-hybridized carbons (Fsp3) is 0.308. The molecule has 0 aliphatic carbocycles. The van der Waals surface area contributed by atoms with Crippen LogP contribution in [-0.4, -0.2) is 10.7 Å². The summed E-state index contributed by atoms with van der Waals surface area (Å²) in [5.74, 6) is 6.73. The minimum atomic E-state index is 0.122. The molecule has 0 saturated carbocycles. The summed E-state index contributed by atoms with van der Waals surface area (Å²) in [7, 11) is 0. The third kappa shape index (κ3) is 3.55. The molecule has 0 spiro atoms. The van der Waals surface area contributed by atoms with Crippen molar-refractivity contribution in [1.82, 2.24) is 10.4 Å². The summed E-state index contributed by atoms with van der Waals surface area (Å²) in [6.45, 7) is 2.16. The number of nitrogens with two attached hydrogens (primary N) is 1. The summed E-state index contributed by atoms with van der Waals surface area (Å²) in [5, 5.41) is 3.09. The number of hydrogen-bond donors (Lipinski definition) is 2. The minimum absolute atomic E-state index is 0.122. The first-order valence-corrected chi connectivity index (χ1v) is 7.77. The first-order valence-electron chi connectivity index (χ1n) is 5.90. The van der Waals surface area contributed by atoms with Gasteiger partial charge in [0.05, 0.1) is 11.0 Å². The summed E-state index contributed by atoms with van der Waals surface area (Å²) in [5.41, 5.74) is 4.07. The van der Waals surface area contributed by atoms with E-state index in [4.69, 9.17) is 5.84 Å². The van der Waals surface area contributed by atoms with Gasteiger partial charge in [0.1, 0.15) is 0 Å². The molecule has 2 rings (SSSR count). The molecule has 0 fully saturated rings. The number of aromatic nitrogens is 1. The molecule has 96 valence electrons. The van der Waals surface area contributed by atoms with Crippen molar-refractivity contribution in [2.24, 2.45) is 5.84 Å². The molecule has 3 N–H and O–H groups in total. The Bertz CT molecular complexity index is 454. The number of nitrogens with one attached hydrogen (secondary N) is 1. The number of hydrogen-bond acceptors (Lipinski definition) is 5. The molecular weight excluding hydrogens is 262 g/mol. The molecule has 0 radical (unpaired) electrons. The largest absolute Gasteiger partial charge is 0.271 e. The van der Waals surface area contributed by atoms with E-state index in [2.05, 4.69) is 41.6 Å². The zero-order chi connectivity index (χ0) is 12.8. The molecule has 3 nitrogen and oxygen atoms in total. The highest BCUT2D eigenvalue weighted by atomic mass is 32.2. The predicted molar refractivity (Wildman–Crippen MR) is 78.7 cm³/mol. The van der Waals surface area contributed by atoms with Crippen LogP contribution in [0.25, 0.3) is 0 Å². The van der Waals surface area contributed by atoms with Gasteiger partial charge in [0.2, 0.25) is 0 Å². The smallest absolute Gasteiger partial charge is 0.0944 e. The second-order valence-electron chi connectivity index (χ2n) is 3.85. The van der Waals surface area contributed by atoms with Crippen LogP contribution in [0.1, 0.15) is 23.5 Å². The third-order valence-corrected chi connectivity index (χ3v) is 4.35. The van der Waals surface area contributed by atoms with Gasteiger partial charge in [-0.15, -0.1) is 23.1 Å². The van der Waals surface area contributed by atoms with Crippen molar-refractivity contribution in [3.05, 3.63) is 46.4 Å². The van der Waals surface area contributed by atoms with E-state index in [1.54, 1.807) is 11.3 Å². The first kappa shape index (κ1) is 13.5. The average Bonchev–Trinajstić information content (AvgIpc) is 2.90. The Hall–Kier alpha value is -0.880. The van der Waals surface area contributed by atoms with Crippen molar-refractivity contribution in [3.63, 3.8) is 0 Å². The molecule has 1 aromatic heterocycles. The molecule has 2 aromatic rings. The maximum atomic E-state index is 5.64. The molecule has 0 aliphatic heterocycles. The van der Waals surface area contributed by atoms with Gasteiger partial charge in [-0.1, -0.05) is 19.1 Å². The maximum absolute atomic E-state index is 5.64. The Kier molecular flexibility index (Phi) is 5.19. The lowest BCUT2D eigenvalue weighted by molar-refractivity contribution is 0.550. The lowest BCUT2D eigenvalue weighted by atomic mass is 10.1. The Balaban J connectivity index is 2.07. The first-order chi connectivity index (χ1) is 8.83. The molecule has 0 bridgehead atoms. The number of thiazole rings is 1. The molecule has 5 heteroatoms. The quantitative estimate of drug-likeness (QED) is 0.485. The van der Waals surface area contributed by atoms with E-state index in [1.807, 2.05) is 23.3 Å². The Morgan fingerprint density at radius 2 is 2.17 bits per heavy atom. The van der Waals surface area contributed by atoms with Gasteiger partial charge >= 0.3 is 0 Å². The standard InChI is InChI=1S/C13H17N3S2/c1-2-17-11-5-3-10(4-6-11)12(16-14)9-13-15-7-8-18-13/h3-8,12,16H,2,9,14H2,1H3. The van der Waals surface area contributed by atoms with Crippen molar-refractivity contribution >= 4 is 23.1 Å². The van der Waals surface area contributed by atoms with Crippen molar-refractivity contribution in [1.29, 1.82) is 0 Å². The summed E-state index contributed by atoms with van der Waals surface area (Å²) in [6.07, 6.45) is 2.66. The fourth-order valence-electron chi connectivity index (χ4n) is 1.76. The van der Waals surface area contributed by atoms with Crippen LogP contribution in [0.2, 0.25) is 0 Å². The topological polar surface area (TPSA) is 50.9 Å². The Morgan fingerprint density at radius 3 is 2.72 bits per heavy atom. The van der Waals surface area contributed by atoms with Crippen LogP contribution < -0.4 is 11.3 Å². The van der Waals surface area contributed by atoms with E-state index in [0.717, 1.165) is 17.2 Å². The second-order valence-corrected chi connectivity index (χ2v) is 6.17. The monoisotopic (exact) mass is 279 g/mol. The van der Waals surface area contributed by atoms with Gasteiger partial charge < -0.3 is 0 Å². The molecule has 18 heavy (non-hydrogen) atoms. The molecular formula is C13H17N3S2. The van der Waals surface area contributed by atoms with E-state index >= 15 is 0 Å². The molecule has 1 aromatic carbocycles. The summed E-state index contributed by atoms with van der Waals surface area (Å²) < 4.78 is 0. The van der Waals surface area contributed by atoms with Crippen LogP contribution >= 0.6 is 23.1 Å². The van der Waals surface area contributed by atoms with Crippen LogP contribution in [0.3, 0.4) is 0 Å². The Morgan fingerprint density at radius 1 is 1.39 bits per heavy atom. The van der Waals surface area contributed by atoms with Crippen LogP contribution in [0, 0.1) is 0 Å². The molecule has 0 amide bonds. The lowest BCUT2D eigenvalue weighted by Crippen LogP contribution is -2.29.